The number of oxazole rings is 1. The lowest BCUT2D eigenvalue weighted by Crippen LogP contribution is -2.03. The third-order valence-corrected chi connectivity index (χ3v) is 6.25. The van der Waals surface area contributed by atoms with Crippen molar-refractivity contribution in [1.82, 2.24) is 9.97 Å². The van der Waals surface area contributed by atoms with Gasteiger partial charge in [0.25, 0.3) is 0 Å². The van der Waals surface area contributed by atoms with E-state index in [1.165, 1.54) is 23.5 Å². The van der Waals surface area contributed by atoms with Crippen LogP contribution in [-0.2, 0) is 24.0 Å². The fraction of sp³-hybridized carbons (Fsp3) is 0.261. The van der Waals surface area contributed by atoms with Crippen molar-refractivity contribution >= 4 is 28.4 Å². The molecular weight excluding hydrogens is 457 g/mol. The Morgan fingerprint density at radius 3 is 2.52 bits per heavy atom. The lowest BCUT2D eigenvalue weighted by atomic mass is 10.1. The number of carboxylic acids is 1. The van der Waals surface area contributed by atoms with Crippen molar-refractivity contribution in [3.8, 4) is 16.3 Å². The maximum absolute atomic E-state index is 12.8. The van der Waals surface area contributed by atoms with E-state index >= 15 is 0 Å². The third kappa shape index (κ3) is 5.00. The number of carboxylic acid groups (broad SMARTS) is 1. The van der Waals surface area contributed by atoms with E-state index in [0.717, 1.165) is 28.3 Å². The monoisotopic (exact) mass is 476 g/mol. The number of thiazole rings is 1. The Bertz CT molecular complexity index is 1310. The van der Waals surface area contributed by atoms with E-state index in [-0.39, 0.29) is 19.4 Å². The van der Waals surface area contributed by atoms with E-state index in [2.05, 4.69) is 9.97 Å². The Kier molecular flexibility index (Phi) is 6.11. The second-order valence-electron chi connectivity index (χ2n) is 7.43. The van der Waals surface area contributed by atoms with Gasteiger partial charge in [0.2, 0.25) is 0 Å². The van der Waals surface area contributed by atoms with Gasteiger partial charge in [0.15, 0.2) is 11.5 Å². The van der Waals surface area contributed by atoms with Crippen LogP contribution in [0.5, 0.6) is 5.75 Å². The number of fused-ring (bicyclic) bond motifs is 1. The van der Waals surface area contributed by atoms with Crippen LogP contribution in [0.4, 0.5) is 13.2 Å². The number of hydrogen-bond acceptors (Lipinski definition) is 6. The first-order chi connectivity index (χ1) is 15.6. The summed E-state index contributed by atoms with van der Waals surface area (Å²) in [6, 6.07) is 8.40. The molecule has 0 atom stereocenters. The summed E-state index contributed by atoms with van der Waals surface area (Å²) in [5.41, 5.74) is 2.58. The minimum absolute atomic E-state index is 0.0683. The zero-order valence-electron chi connectivity index (χ0n) is 17.7. The van der Waals surface area contributed by atoms with E-state index in [9.17, 15) is 18.0 Å². The zero-order valence-corrected chi connectivity index (χ0v) is 18.5. The number of carbonyl (C=O) groups is 1. The van der Waals surface area contributed by atoms with Crippen LogP contribution in [0.3, 0.4) is 0 Å². The van der Waals surface area contributed by atoms with Crippen LogP contribution >= 0.6 is 11.3 Å². The molecule has 0 aliphatic heterocycles. The van der Waals surface area contributed by atoms with E-state index in [0.29, 0.717) is 33.3 Å². The van der Waals surface area contributed by atoms with Gasteiger partial charge in [0.05, 0.1) is 22.6 Å². The second kappa shape index (κ2) is 8.86. The minimum atomic E-state index is -4.38. The van der Waals surface area contributed by atoms with Gasteiger partial charge in [-0.1, -0.05) is 12.1 Å². The molecule has 0 aliphatic carbocycles. The highest BCUT2D eigenvalue weighted by Gasteiger charge is 2.30. The van der Waals surface area contributed by atoms with Gasteiger partial charge < -0.3 is 14.3 Å². The predicted octanol–water partition coefficient (Wildman–Crippen LogP) is 6.18. The number of ether oxygens (including phenoxy) is 1. The van der Waals surface area contributed by atoms with E-state index in [1.54, 1.807) is 12.1 Å². The molecule has 4 rings (SSSR count). The molecule has 2 aromatic heterocycles. The van der Waals surface area contributed by atoms with Gasteiger partial charge in [-0.25, -0.2) is 9.97 Å². The van der Waals surface area contributed by atoms with Crippen LogP contribution in [0.2, 0.25) is 0 Å². The normalized spacial score (nSPS) is 11.8. The Morgan fingerprint density at radius 2 is 1.85 bits per heavy atom. The lowest BCUT2D eigenvalue weighted by molar-refractivity contribution is -0.138. The molecule has 0 radical (unpaired) electrons. The van der Waals surface area contributed by atoms with Gasteiger partial charge in [-0.05, 0) is 38.1 Å². The molecule has 172 valence electrons. The Morgan fingerprint density at radius 1 is 1.12 bits per heavy atom. The lowest BCUT2D eigenvalue weighted by Gasteiger charge is -2.08. The van der Waals surface area contributed by atoms with Crippen molar-refractivity contribution in [3.63, 3.8) is 0 Å². The molecule has 4 aromatic rings. The van der Waals surface area contributed by atoms with Gasteiger partial charge in [0.1, 0.15) is 22.9 Å². The van der Waals surface area contributed by atoms with Gasteiger partial charge in [-0.2, -0.15) is 13.2 Å². The first kappa shape index (κ1) is 22.8. The fourth-order valence-corrected chi connectivity index (χ4v) is 4.24. The highest BCUT2D eigenvalue weighted by Crippen LogP contribution is 2.34. The Labute approximate surface area is 190 Å². The summed E-state index contributed by atoms with van der Waals surface area (Å²) >= 11 is 1.36. The third-order valence-electron chi connectivity index (χ3n) is 5.07. The van der Waals surface area contributed by atoms with Gasteiger partial charge in [-0.15, -0.1) is 11.3 Å². The first-order valence-corrected chi connectivity index (χ1v) is 10.8. The standard InChI is InChI=1S/C23H19F3N2O4S/c1-12-16(7-8-17-21(12)28-19(32-17)9-10-20(29)30)31-11-18-13(2)27-22(33-18)14-3-5-15(6-4-14)23(24,25)26/h3-8H,9-11H2,1-2H3,(H,29,30). The number of rotatable bonds is 7. The molecule has 0 fully saturated rings. The summed E-state index contributed by atoms with van der Waals surface area (Å²) in [5.74, 6) is 0.0326. The van der Waals surface area contributed by atoms with Crippen LogP contribution in [0, 0.1) is 13.8 Å². The van der Waals surface area contributed by atoms with E-state index < -0.39 is 17.7 Å². The number of aryl methyl sites for hydroxylation is 3. The molecule has 0 spiro atoms. The highest BCUT2D eigenvalue weighted by atomic mass is 32.1. The smallest absolute Gasteiger partial charge is 0.416 e. The van der Waals surface area contributed by atoms with Crippen LogP contribution < -0.4 is 4.74 Å². The molecule has 33 heavy (non-hydrogen) atoms. The maximum atomic E-state index is 12.8. The Balaban J connectivity index is 1.49. The van der Waals surface area contributed by atoms with Crippen LogP contribution in [-0.4, -0.2) is 21.0 Å². The van der Waals surface area contributed by atoms with Crippen molar-refractivity contribution in [2.45, 2.75) is 39.5 Å². The van der Waals surface area contributed by atoms with Crippen LogP contribution in [0.15, 0.2) is 40.8 Å². The first-order valence-electron chi connectivity index (χ1n) is 9.99. The van der Waals surface area contributed by atoms with Crippen molar-refractivity contribution in [2.24, 2.45) is 0 Å². The molecule has 1 N–H and O–H groups in total. The number of aliphatic carboxylic acids is 1. The second-order valence-corrected chi connectivity index (χ2v) is 8.51. The minimum Gasteiger partial charge on any atom is -0.488 e. The molecule has 0 bridgehead atoms. The molecule has 2 heterocycles. The quantitative estimate of drug-likeness (QED) is 0.343. The van der Waals surface area contributed by atoms with Crippen LogP contribution in [0.25, 0.3) is 21.7 Å². The van der Waals surface area contributed by atoms with Crippen LogP contribution in [0.1, 0.15) is 34.0 Å². The molecule has 0 saturated heterocycles. The van der Waals surface area contributed by atoms with Crippen molar-refractivity contribution < 1.29 is 32.2 Å². The number of alkyl halides is 3. The molecule has 0 unspecified atom stereocenters. The highest BCUT2D eigenvalue weighted by molar-refractivity contribution is 7.15. The van der Waals surface area contributed by atoms with Crippen molar-refractivity contribution in [1.29, 1.82) is 0 Å². The van der Waals surface area contributed by atoms with Crippen molar-refractivity contribution in [3.05, 3.63) is 64.0 Å². The van der Waals surface area contributed by atoms with Gasteiger partial charge in [0, 0.05) is 17.5 Å². The molecule has 0 aliphatic rings. The molecule has 10 heteroatoms. The average Bonchev–Trinajstić information content (AvgIpc) is 3.35. The summed E-state index contributed by atoms with van der Waals surface area (Å²) in [6.07, 6.45) is -4.25. The zero-order chi connectivity index (χ0) is 23.8. The van der Waals surface area contributed by atoms with Gasteiger partial charge >= 0.3 is 12.1 Å². The topological polar surface area (TPSA) is 85.5 Å². The molecule has 6 nitrogen and oxygen atoms in total. The van der Waals surface area contributed by atoms with E-state index in [4.69, 9.17) is 14.3 Å². The number of aromatic nitrogens is 2. The summed E-state index contributed by atoms with van der Waals surface area (Å²) in [6.45, 7) is 3.90. The molecular formula is C23H19F3N2O4S. The Hall–Kier alpha value is -3.40. The summed E-state index contributed by atoms with van der Waals surface area (Å²) < 4.78 is 50.0. The summed E-state index contributed by atoms with van der Waals surface area (Å²) in [4.78, 5) is 20.5. The molecule has 0 amide bonds. The largest absolute Gasteiger partial charge is 0.488 e. The number of nitrogens with zero attached hydrogens (tertiary/aromatic N) is 2. The fourth-order valence-electron chi connectivity index (χ4n) is 3.26. The average molecular weight is 476 g/mol. The summed E-state index contributed by atoms with van der Waals surface area (Å²) in [7, 11) is 0. The summed E-state index contributed by atoms with van der Waals surface area (Å²) in [5, 5.41) is 9.45. The number of hydrogen-bond donors (Lipinski definition) is 1. The number of halogens is 3. The number of benzene rings is 2. The van der Waals surface area contributed by atoms with Gasteiger partial charge in [-0.3, -0.25) is 4.79 Å². The SMILES string of the molecule is Cc1nc(-c2ccc(C(F)(F)F)cc2)sc1COc1ccc2oc(CCC(=O)O)nc2c1C. The predicted molar refractivity (Wildman–Crippen MR) is 116 cm³/mol. The molecule has 2 aromatic carbocycles. The van der Waals surface area contributed by atoms with Crippen molar-refractivity contribution in [2.75, 3.05) is 0 Å². The molecule has 0 saturated carbocycles. The maximum Gasteiger partial charge on any atom is 0.416 e. The van der Waals surface area contributed by atoms with E-state index in [1.807, 2.05) is 13.8 Å².